The van der Waals surface area contributed by atoms with Gasteiger partial charge in [0, 0.05) is 24.6 Å². The molecule has 0 saturated carbocycles. The number of aromatic nitrogens is 1. The Labute approximate surface area is 112 Å². The Morgan fingerprint density at radius 2 is 1.62 bits per heavy atom. The summed E-state index contributed by atoms with van der Waals surface area (Å²) >= 11 is 8.69. The van der Waals surface area contributed by atoms with Crippen molar-refractivity contribution >= 4 is 58.2 Å². The molecule has 0 spiro atoms. The Morgan fingerprint density at radius 3 is 1.69 bits per heavy atom. The van der Waals surface area contributed by atoms with E-state index in [0.29, 0.717) is 0 Å². The van der Waals surface area contributed by atoms with Crippen LogP contribution in [0.3, 0.4) is 0 Å². The van der Waals surface area contributed by atoms with Crippen molar-refractivity contribution in [3.8, 4) is 0 Å². The molecule has 0 atom stereocenters. The van der Waals surface area contributed by atoms with E-state index in [2.05, 4.69) is 63.8 Å². The van der Waals surface area contributed by atoms with Gasteiger partial charge in [0.15, 0.2) is 0 Å². The molecule has 0 aromatic carbocycles. The zero-order chi connectivity index (χ0) is 10.5. The van der Waals surface area contributed by atoms with Crippen LogP contribution in [-0.4, -0.2) is 10.1 Å². The summed E-state index contributed by atoms with van der Waals surface area (Å²) in [7, 11) is 1.38. The molecule has 3 nitrogen and oxygen atoms in total. The second-order valence-corrected chi connectivity index (χ2v) is 10.9. The summed E-state index contributed by atoms with van der Waals surface area (Å²) in [6, 6.07) is 5.72. The molecule has 13 heavy (non-hydrogen) atoms. The zero-order valence-electron chi connectivity index (χ0n) is 6.62. The fourth-order valence-corrected chi connectivity index (χ4v) is 0.313. The molecular formula is C6H10CoI2N3S+. The molecule has 1 rings (SSSR count). The van der Waals surface area contributed by atoms with Crippen molar-refractivity contribution < 1.29 is 14.0 Å². The molecule has 0 bridgehead atoms. The predicted molar refractivity (Wildman–Crippen MR) is 72.0 cm³/mol. The third-order valence-electron chi connectivity index (χ3n) is 0.566. The van der Waals surface area contributed by atoms with Crippen LogP contribution in [0.1, 0.15) is 0 Å². The molecule has 1 heterocycles. The van der Waals surface area contributed by atoms with E-state index in [0.717, 1.165) is 0 Å². The van der Waals surface area contributed by atoms with Crippen LogP contribution in [0.2, 0.25) is 0 Å². The van der Waals surface area contributed by atoms with Crippen LogP contribution in [0.15, 0.2) is 30.6 Å². The van der Waals surface area contributed by atoms with Gasteiger partial charge < -0.3 is 11.5 Å². The third-order valence-corrected chi connectivity index (χ3v) is 0.566. The van der Waals surface area contributed by atoms with Gasteiger partial charge in [0.25, 0.3) is 5.11 Å². The molecule has 0 saturated heterocycles. The molecule has 0 amide bonds. The molecule has 7 heteroatoms. The van der Waals surface area contributed by atoms with Crippen molar-refractivity contribution in [1.82, 2.24) is 4.98 Å². The van der Waals surface area contributed by atoms with Crippen LogP contribution in [0.25, 0.3) is 0 Å². The summed E-state index contributed by atoms with van der Waals surface area (Å²) < 4.78 is 0. The second kappa shape index (κ2) is 15.4. The average Bonchev–Trinajstić information content (AvgIpc) is 2.08. The summed E-state index contributed by atoms with van der Waals surface area (Å²) in [5.74, 6) is 0. The number of quaternary nitrogens is 1. The van der Waals surface area contributed by atoms with Crippen molar-refractivity contribution in [2.45, 2.75) is 0 Å². The van der Waals surface area contributed by atoms with Crippen LogP contribution < -0.4 is 11.5 Å². The minimum atomic E-state index is 0.250. The van der Waals surface area contributed by atoms with Crippen LogP contribution >= 0.6 is 53.0 Å². The zero-order valence-corrected chi connectivity index (χ0v) is 12.8. The van der Waals surface area contributed by atoms with E-state index in [1.807, 2.05) is 18.2 Å². The van der Waals surface area contributed by atoms with Gasteiger partial charge >= 0.3 is 49.1 Å². The summed E-state index contributed by atoms with van der Waals surface area (Å²) in [6.07, 6.45) is 3.50. The van der Waals surface area contributed by atoms with Gasteiger partial charge in [0.05, 0.1) is 0 Å². The maximum atomic E-state index is 4.73. The molecule has 5 N–H and O–H groups in total. The smallest absolute Gasteiger partial charge is 0.0267 e. The number of hydrogen-bond donors (Lipinski definition) is 2. The van der Waals surface area contributed by atoms with Crippen LogP contribution in [0.4, 0.5) is 0 Å². The Hall–Kier alpha value is 0.966. The summed E-state index contributed by atoms with van der Waals surface area (Å²) in [4.78, 5) is 3.78. The van der Waals surface area contributed by atoms with Crippen molar-refractivity contribution in [1.29, 1.82) is 0 Å². The van der Waals surface area contributed by atoms with E-state index < -0.39 is 0 Å². The SMILES string of the molecule is NC([NH3+])=S.[I][Co][I].c1ccncc1. The molecule has 1 aromatic heterocycles. The first-order valence-electron chi connectivity index (χ1n) is 2.95. The van der Waals surface area contributed by atoms with Gasteiger partial charge in [-0.1, -0.05) is 6.07 Å². The molecule has 1 aromatic rings. The van der Waals surface area contributed by atoms with Crippen LogP contribution in [0.5, 0.6) is 0 Å². The van der Waals surface area contributed by atoms with E-state index >= 15 is 0 Å². The minimum Gasteiger partial charge on any atom is -0.265 e. The molecule has 0 unspecified atom stereocenters. The molecule has 0 radical (unpaired) electrons. The summed E-state index contributed by atoms with van der Waals surface area (Å²) in [5.41, 5.74) is 7.88. The van der Waals surface area contributed by atoms with Gasteiger partial charge in [-0.25, -0.2) is 0 Å². The minimum absolute atomic E-state index is 0.250. The van der Waals surface area contributed by atoms with Gasteiger partial charge in [0.1, 0.15) is 0 Å². The van der Waals surface area contributed by atoms with Gasteiger partial charge in [0.2, 0.25) is 0 Å². The molecule has 0 aliphatic rings. The van der Waals surface area contributed by atoms with E-state index in [1.165, 1.54) is 8.26 Å². The molecule has 77 valence electrons. The Bertz CT molecular complexity index is 170. The van der Waals surface area contributed by atoms with Crippen molar-refractivity contribution in [2.24, 2.45) is 5.73 Å². The first kappa shape index (κ1) is 16.4. The summed E-state index contributed by atoms with van der Waals surface area (Å²) in [6.45, 7) is 0. The predicted octanol–water partition coefficient (Wildman–Crippen LogP) is 1.32. The molecule has 0 aliphatic heterocycles. The number of rotatable bonds is 0. The monoisotopic (exact) mass is 469 g/mol. The van der Waals surface area contributed by atoms with Crippen molar-refractivity contribution in [3.63, 3.8) is 0 Å². The van der Waals surface area contributed by atoms with Gasteiger partial charge in [-0.15, -0.1) is 0 Å². The van der Waals surface area contributed by atoms with Gasteiger partial charge in [-0.3, -0.25) is 4.98 Å². The van der Waals surface area contributed by atoms with Crippen LogP contribution in [-0.2, 0) is 8.26 Å². The second-order valence-electron chi connectivity index (χ2n) is 1.54. The maximum Gasteiger partial charge on any atom is 0.0267 e. The van der Waals surface area contributed by atoms with Gasteiger partial charge in [-0.05, 0) is 12.1 Å². The fraction of sp³-hybridized carbons (Fsp3) is 0. The van der Waals surface area contributed by atoms with Gasteiger partial charge in [-0.2, -0.15) is 0 Å². The third kappa shape index (κ3) is 32.1. The fourth-order valence-electron chi connectivity index (χ4n) is 0.313. The number of pyridine rings is 1. The number of nitrogens with two attached hydrogens (primary N) is 1. The molecule has 0 fully saturated rings. The van der Waals surface area contributed by atoms with Crippen LogP contribution in [0, 0.1) is 0 Å². The first-order valence-corrected chi connectivity index (χ1v) is 10.1. The van der Waals surface area contributed by atoms with E-state index in [1.54, 1.807) is 12.4 Å². The van der Waals surface area contributed by atoms with Crippen molar-refractivity contribution in [2.75, 3.05) is 0 Å². The Balaban J connectivity index is 0. The Morgan fingerprint density at radius 1 is 1.31 bits per heavy atom. The largest absolute Gasteiger partial charge is 0.265 e. The number of halogens is 2. The summed E-state index contributed by atoms with van der Waals surface area (Å²) in [5, 5.41) is 0.250. The van der Waals surface area contributed by atoms with E-state index in [-0.39, 0.29) is 5.11 Å². The maximum absolute atomic E-state index is 4.73. The first-order chi connectivity index (χ1) is 6.15. The Kier molecular flexibility index (Phi) is 19.5. The van der Waals surface area contributed by atoms with E-state index in [9.17, 15) is 0 Å². The number of hydrogen-bond acceptors (Lipinski definition) is 2. The standard InChI is InChI=1S/C5H5N.CH4N2S.Co.2HI/c1-2-4-6-5-3-1;2-1(3)4;;;/h1-5H;(H4,2,3,4);;2*1H/q;;+2;;/p-1. The number of thiocarbonyl (C=S) groups is 1. The quantitative estimate of drug-likeness (QED) is 0.446. The number of nitrogens with zero attached hydrogens (tertiary/aromatic N) is 1. The topological polar surface area (TPSA) is 66.5 Å². The normalized spacial score (nSPS) is 7.31. The average molecular weight is 469 g/mol. The van der Waals surface area contributed by atoms with E-state index in [4.69, 9.17) is 5.73 Å². The molecular weight excluding hydrogens is 459 g/mol. The molecule has 0 aliphatic carbocycles. The van der Waals surface area contributed by atoms with Crippen molar-refractivity contribution in [3.05, 3.63) is 30.6 Å².